The maximum absolute atomic E-state index is 13.3. The predicted molar refractivity (Wildman–Crippen MR) is 120 cm³/mol. The van der Waals surface area contributed by atoms with Gasteiger partial charge in [-0.05, 0) is 50.5 Å². The molecule has 1 aromatic heterocycles. The Morgan fingerprint density at radius 3 is 2.05 bits per heavy atom. The zero-order valence-electron chi connectivity index (χ0n) is 19.7. The van der Waals surface area contributed by atoms with Gasteiger partial charge in [0.2, 0.25) is 5.91 Å². The lowest BCUT2D eigenvalue weighted by Crippen LogP contribution is -2.49. The lowest BCUT2D eigenvalue weighted by atomic mass is 9.85. The van der Waals surface area contributed by atoms with Crippen molar-refractivity contribution in [3.05, 3.63) is 47.7 Å². The number of rotatable bonds is 5. The van der Waals surface area contributed by atoms with Crippen molar-refractivity contribution >= 4 is 31.4 Å². The summed E-state index contributed by atoms with van der Waals surface area (Å²) >= 11 is 0. The van der Waals surface area contributed by atoms with Gasteiger partial charge >= 0.3 is 12.4 Å². The summed E-state index contributed by atoms with van der Waals surface area (Å²) in [6.45, 7) is 2.27. The van der Waals surface area contributed by atoms with Crippen molar-refractivity contribution in [1.82, 2.24) is 4.98 Å². The van der Waals surface area contributed by atoms with E-state index in [0.29, 0.717) is 24.6 Å². The Bertz CT molecular complexity index is 1430. The molecule has 1 aliphatic heterocycles. The van der Waals surface area contributed by atoms with Crippen molar-refractivity contribution in [1.29, 1.82) is 0 Å². The van der Waals surface area contributed by atoms with E-state index in [1.165, 1.54) is 13.8 Å². The van der Waals surface area contributed by atoms with E-state index in [2.05, 4.69) is 4.98 Å². The van der Waals surface area contributed by atoms with Crippen LogP contribution in [0.25, 0.3) is 0 Å². The summed E-state index contributed by atoms with van der Waals surface area (Å²) in [7, 11) is -8.64. The quantitative estimate of drug-likeness (QED) is 0.489. The van der Waals surface area contributed by atoms with Gasteiger partial charge in [0.1, 0.15) is 4.90 Å². The van der Waals surface area contributed by atoms with E-state index in [1.807, 2.05) is 0 Å². The average Bonchev–Trinajstić information content (AvgIpc) is 2.77. The first-order valence-electron chi connectivity index (χ1n) is 10.7. The van der Waals surface area contributed by atoms with E-state index in [9.17, 15) is 48.0 Å². The molecule has 1 atom stereocenters. The van der Waals surface area contributed by atoms with E-state index in [1.54, 1.807) is 0 Å². The number of alkyl halides is 6. The summed E-state index contributed by atoms with van der Waals surface area (Å²) < 4.78 is 128. The largest absolute Gasteiger partial charge is 0.417 e. The van der Waals surface area contributed by atoms with Crippen LogP contribution in [-0.2, 0) is 36.8 Å². The van der Waals surface area contributed by atoms with Gasteiger partial charge in [0, 0.05) is 25.4 Å². The summed E-state index contributed by atoms with van der Waals surface area (Å²) in [5.41, 5.74) is -2.48. The SMILES string of the molecule is CC(C)([C@H]1CCN(c2ncc(C(F)(F)F)cc2S(C)(=O)=O)C(=O)C1)S(=O)(=O)c1cccc(C(F)(F)F)c1. The van der Waals surface area contributed by atoms with Crippen molar-refractivity contribution in [2.24, 2.45) is 5.92 Å². The highest BCUT2D eigenvalue weighted by Gasteiger charge is 2.47. The van der Waals surface area contributed by atoms with Crippen LogP contribution in [-0.4, -0.2) is 45.3 Å². The molecule has 0 aliphatic carbocycles. The van der Waals surface area contributed by atoms with Crippen LogP contribution in [0.2, 0.25) is 0 Å². The van der Waals surface area contributed by atoms with Crippen molar-refractivity contribution in [3.63, 3.8) is 0 Å². The van der Waals surface area contributed by atoms with Crippen LogP contribution >= 0.6 is 0 Å². The van der Waals surface area contributed by atoms with Crippen LogP contribution in [0.4, 0.5) is 32.2 Å². The Labute approximate surface area is 209 Å². The van der Waals surface area contributed by atoms with E-state index in [-0.39, 0.29) is 13.0 Å². The Morgan fingerprint density at radius 2 is 1.54 bits per heavy atom. The van der Waals surface area contributed by atoms with E-state index < -0.39 is 81.8 Å². The molecule has 1 saturated heterocycles. The van der Waals surface area contributed by atoms with E-state index in [4.69, 9.17) is 0 Å². The van der Waals surface area contributed by atoms with Gasteiger partial charge < -0.3 is 0 Å². The van der Waals surface area contributed by atoms with Crippen LogP contribution in [0.5, 0.6) is 0 Å². The Morgan fingerprint density at radius 1 is 0.946 bits per heavy atom. The van der Waals surface area contributed by atoms with Crippen LogP contribution in [0.1, 0.15) is 37.8 Å². The number of amides is 1. The fourth-order valence-corrected chi connectivity index (χ4v) is 6.70. The molecule has 2 heterocycles. The zero-order chi connectivity index (χ0) is 28.2. The number of aromatic nitrogens is 1. The molecular formula is C22H22F6N2O5S2. The zero-order valence-corrected chi connectivity index (χ0v) is 21.3. The van der Waals surface area contributed by atoms with E-state index >= 15 is 0 Å². The second-order valence-electron chi connectivity index (χ2n) is 9.18. The molecular weight excluding hydrogens is 550 g/mol. The lowest BCUT2D eigenvalue weighted by Gasteiger charge is -2.39. The number of anilines is 1. The minimum absolute atomic E-state index is 0.0389. The number of pyridine rings is 1. The highest BCUT2D eigenvalue weighted by Crippen LogP contribution is 2.41. The second-order valence-corrected chi connectivity index (χ2v) is 13.7. The third-order valence-electron chi connectivity index (χ3n) is 6.39. The first-order chi connectivity index (χ1) is 16.7. The van der Waals surface area contributed by atoms with Crippen molar-refractivity contribution in [2.45, 2.75) is 53.6 Å². The number of nitrogens with zero attached hydrogens (tertiary/aromatic N) is 2. The summed E-state index contributed by atoms with van der Waals surface area (Å²) in [4.78, 5) is 16.1. The summed E-state index contributed by atoms with van der Waals surface area (Å²) in [6, 6.07) is 3.60. The third-order valence-corrected chi connectivity index (χ3v) is 10.1. The molecule has 1 aliphatic rings. The van der Waals surface area contributed by atoms with Gasteiger partial charge in [-0.3, -0.25) is 9.69 Å². The third kappa shape index (κ3) is 5.61. The predicted octanol–water partition coefficient (Wildman–Crippen LogP) is 4.52. The maximum Gasteiger partial charge on any atom is 0.417 e. The van der Waals surface area contributed by atoms with Crippen molar-refractivity contribution in [2.75, 3.05) is 17.7 Å². The van der Waals surface area contributed by atoms with Gasteiger partial charge in [0.05, 0.1) is 20.8 Å². The first-order valence-corrected chi connectivity index (χ1v) is 14.0. The van der Waals surface area contributed by atoms with Crippen molar-refractivity contribution < 1.29 is 48.0 Å². The molecule has 204 valence electrons. The summed E-state index contributed by atoms with van der Waals surface area (Å²) in [5.74, 6) is -2.20. The summed E-state index contributed by atoms with van der Waals surface area (Å²) in [5, 5.41) is 0. The second kappa shape index (κ2) is 9.26. The molecule has 15 heteroatoms. The molecule has 37 heavy (non-hydrogen) atoms. The van der Waals surface area contributed by atoms with Gasteiger partial charge in [-0.2, -0.15) is 26.3 Å². The number of hydrogen-bond acceptors (Lipinski definition) is 6. The molecule has 0 spiro atoms. The number of carbonyl (C=O) groups is 1. The van der Waals surface area contributed by atoms with Crippen LogP contribution in [0.15, 0.2) is 46.3 Å². The molecule has 3 rings (SSSR count). The highest BCUT2D eigenvalue weighted by atomic mass is 32.2. The molecule has 0 unspecified atom stereocenters. The maximum atomic E-state index is 13.3. The molecule has 7 nitrogen and oxygen atoms in total. The summed E-state index contributed by atoms with van der Waals surface area (Å²) in [6.07, 6.45) is -9.10. The standard InChI is InChI=1S/C22H22F6N2O5S2/c1-20(2,37(34,35)16-6-4-5-14(9-16)21(23,24)25)13-7-8-30(18(31)11-13)19-17(36(3,32)33)10-15(12-29-19)22(26,27)28/h4-6,9-10,12-13H,7-8,11H2,1-3H3/t13-/m0/s1. The Balaban J connectivity index is 1.94. The van der Waals surface area contributed by atoms with Crippen molar-refractivity contribution in [3.8, 4) is 0 Å². The van der Waals surface area contributed by atoms with Crippen LogP contribution in [0.3, 0.4) is 0 Å². The first kappa shape index (κ1) is 28.9. The van der Waals surface area contributed by atoms with Gasteiger partial charge in [0.25, 0.3) is 0 Å². The number of halogens is 6. The number of piperidine rings is 1. The van der Waals surface area contributed by atoms with Gasteiger partial charge in [0.15, 0.2) is 25.5 Å². The minimum atomic E-state index is -4.89. The molecule has 0 radical (unpaired) electrons. The molecule has 0 bridgehead atoms. The average molecular weight is 573 g/mol. The van der Waals surface area contributed by atoms with Crippen LogP contribution < -0.4 is 4.90 Å². The van der Waals surface area contributed by atoms with Gasteiger partial charge in [-0.1, -0.05) is 6.07 Å². The molecule has 1 fully saturated rings. The normalized spacial score (nSPS) is 18.2. The number of benzene rings is 1. The fraction of sp³-hybridized carbons (Fsp3) is 0.455. The van der Waals surface area contributed by atoms with Gasteiger partial charge in [-0.15, -0.1) is 0 Å². The minimum Gasteiger partial charge on any atom is -0.296 e. The number of carbonyl (C=O) groups excluding carboxylic acids is 1. The Hall–Kier alpha value is -2.68. The highest BCUT2D eigenvalue weighted by molar-refractivity contribution is 7.92. The lowest BCUT2D eigenvalue weighted by molar-refractivity contribution is -0.138. The molecule has 0 saturated carbocycles. The van der Waals surface area contributed by atoms with Gasteiger partial charge in [-0.25, -0.2) is 21.8 Å². The monoisotopic (exact) mass is 572 g/mol. The number of hydrogen-bond donors (Lipinski definition) is 0. The van der Waals surface area contributed by atoms with Crippen LogP contribution in [0, 0.1) is 5.92 Å². The molecule has 1 amide bonds. The fourth-order valence-electron chi connectivity index (χ4n) is 4.08. The molecule has 0 N–H and O–H groups in total. The number of sulfone groups is 2. The smallest absolute Gasteiger partial charge is 0.296 e. The molecule has 2 aromatic rings. The van der Waals surface area contributed by atoms with E-state index in [0.717, 1.165) is 23.1 Å². The Kier molecular flexibility index (Phi) is 7.23. The molecule has 1 aromatic carbocycles. The topological polar surface area (TPSA) is 101 Å².